The van der Waals surface area contributed by atoms with E-state index in [4.69, 9.17) is 21.0 Å². The zero-order valence-electron chi connectivity index (χ0n) is 14.7. The van der Waals surface area contributed by atoms with E-state index < -0.39 is 21.7 Å². The molecule has 1 amide bonds. The van der Waals surface area contributed by atoms with Gasteiger partial charge in [0.2, 0.25) is 0 Å². The highest BCUT2D eigenvalue weighted by atomic mass is 32.2. The number of rotatable bonds is 1. The van der Waals surface area contributed by atoms with Crippen LogP contribution in [0.25, 0.3) is 11.1 Å². The molecule has 3 rings (SSSR count). The smallest absolute Gasteiger partial charge is 0.290 e. The van der Waals surface area contributed by atoms with Crippen LogP contribution in [0, 0.1) is 19.3 Å². The molecule has 1 heterocycles. The van der Waals surface area contributed by atoms with E-state index in [2.05, 4.69) is 5.32 Å². The van der Waals surface area contributed by atoms with Crippen molar-refractivity contribution >= 4 is 28.2 Å². The number of carbonyl (C=O) groups excluding carboxylic acids is 1. The Morgan fingerprint density at radius 1 is 1.22 bits per heavy atom. The Kier molecular flexibility index (Phi) is 5.65. The molecule has 8 nitrogen and oxygen atoms in total. The molecule has 1 aliphatic heterocycles. The van der Waals surface area contributed by atoms with Gasteiger partial charge in [0.05, 0.1) is 10.6 Å². The van der Waals surface area contributed by atoms with E-state index in [1.165, 1.54) is 6.07 Å². The second kappa shape index (κ2) is 7.58. The Morgan fingerprint density at radius 2 is 1.85 bits per heavy atom. The summed E-state index contributed by atoms with van der Waals surface area (Å²) in [5, 5.41) is 16.2. The fourth-order valence-corrected chi connectivity index (χ4v) is 4.56. The molecule has 0 fully saturated rings. The van der Waals surface area contributed by atoms with E-state index >= 15 is 0 Å². The van der Waals surface area contributed by atoms with Gasteiger partial charge in [0.1, 0.15) is 0 Å². The van der Waals surface area contributed by atoms with Crippen LogP contribution in [-0.4, -0.2) is 31.9 Å². The highest BCUT2D eigenvalue weighted by molar-refractivity contribution is 7.90. The number of carbonyl (C=O) groups is 2. The summed E-state index contributed by atoms with van der Waals surface area (Å²) in [6.07, 6.45) is 0. The van der Waals surface area contributed by atoms with Gasteiger partial charge in [0.15, 0.2) is 15.8 Å². The van der Waals surface area contributed by atoms with Gasteiger partial charge in [-0.2, -0.15) is 0 Å². The maximum absolute atomic E-state index is 12.6. The molecule has 1 aliphatic rings. The summed E-state index contributed by atoms with van der Waals surface area (Å²) in [6.45, 7) is 3.43. The molecule has 142 valence electrons. The third-order valence-electron chi connectivity index (χ3n) is 4.06. The van der Waals surface area contributed by atoms with E-state index in [1.54, 1.807) is 13.0 Å². The number of aryl methyl sites for hydroxylation is 2. The van der Waals surface area contributed by atoms with Crippen LogP contribution in [0.2, 0.25) is 0 Å². The quantitative estimate of drug-likeness (QED) is 0.330. The Hall–Kier alpha value is -3.20. The summed E-state index contributed by atoms with van der Waals surface area (Å²) < 4.78 is 25.3. The standard InChI is InChI=1S/C17H17N3O3S.CH2O2/c1-9-3-4-11-8-24(22,23)15-7-12(16(21)20-17(18)19)10(2)6-14(15)13(11)5-9;2-1-3/h3-7H,8H2,1-2H3,(H4,18,19,20,21);1H,(H,2,3). The molecule has 2 aromatic carbocycles. The van der Waals surface area contributed by atoms with Gasteiger partial charge in [0.25, 0.3) is 12.4 Å². The van der Waals surface area contributed by atoms with Gasteiger partial charge in [-0.3, -0.25) is 20.3 Å². The number of nitrogens with one attached hydrogen (secondary N) is 2. The van der Waals surface area contributed by atoms with Crippen molar-refractivity contribution in [2.45, 2.75) is 24.5 Å². The van der Waals surface area contributed by atoms with Crippen LogP contribution in [0.5, 0.6) is 0 Å². The summed E-state index contributed by atoms with van der Waals surface area (Å²) in [5.74, 6) is -1.17. The number of sulfone groups is 1. The SMILES string of the molecule is Cc1ccc2c(c1)-c1cc(C)c(C(=O)NC(=N)N)cc1S(=O)(=O)C2.O=CO. The van der Waals surface area contributed by atoms with Gasteiger partial charge in [-0.1, -0.05) is 23.8 Å². The van der Waals surface area contributed by atoms with Gasteiger partial charge < -0.3 is 10.8 Å². The Labute approximate surface area is 156 Å². The first-order valence-electron chi connectivity index (χ1n) is 7.81. The molecule has 0 aromatic heterocycles. The van der Waals surface area contributed by atoms with Crippen molar-refractivity contribution in [1.29, 1.82) is 5.41 Å². The van der Waals surface area contributed by atoms with Gasteiger partial charge >= 0.3 is 0 Å². The monoisotopic (exact) mass is 389 g/mol. The lowest BCUT2D eigenvalue weighted by molar-refractivity contribution is -0.122. The van der Waals surface area contributed by atoms with Crippen LogP contribution >= 0.6 is 0 Å². The Morgan fingerprint density at radius 3 is 2.44 bits per heavy atom. The molecular weight excluding hydrogens is 370 g/mol. The molecule has 0 atom stereocenters. The molecule has 2 aromatic rings. The number of hydrogen-bond donors (Lipinski definition) is 4. The Balaban J connectivity index is 0.000000817. The lowest BCUT2D eigenvalue weighted by atomic mass is 9.94. The number of carboxylic acid groups (broad SMARTS) is 1. The van der Waals surface area contributed by atoms with Crippen molar-refractivity contribution in [2.75, 3.05) is 0 Å². The molecule has 9 heteroatoms. The van der Waals surface area contributed by atoms with Crippen molar-refractivity contribution in [3.63, 3.8) is 0 Å². The zero-order chi connectivity index (χ0) is 20.4. The number of fused-ring (bicyclic) bond motifs is 3. The maximum atomic E-state index is 12.6. The molecule has 0 bridgehead atoms. The van der Waals surface area contributed by atoms with Gasteiger partial charge in [-0.15, -0.1) is 0 Å². The number of amides is 1. The lowest BCUT2D eigenvalue weighted by Gasteiger charge is -2.22. The summed E-state index contributed by atoms with van der Waals surface area (Å²) in [5.41, 5.74) is 9.28. The molecule has 0 saturated carbocycles. The average Bonchev–Trinajstić information content (AvgIpc) is 2.55. The highest BCUT2D eigenvalue weighted by Gasteiger charge is 2.30. The van der Waals surface area contributed by atoms with E-state index in [0.29, 0.717) is 11.1 Å². The minimum atomic E-state index is -3.53. The third kappa shape index (κ3) is 4.14. The lowest BCUT2D eigenvalue weighted by Crippen LogP contribution is -2.36. The number of benzene rings is 2. The summed E-state index contributed by atoms with van der Waals surface area (Å²) >= 11 is 0. The van der Waals surface area contributed by atoms with Crippen LogP contribution in [0.15, 0.2) is 35.2 Å². The first kappa shape index (κ1) is 20.1. The number of guanidine groups is 1. The van der Waals surface area contributed by atoms with Crippen LogP contribution in [-0.2, 0) is 20.4 Å². The third-order valence-corrected chi connectivity index (χ3v) is 5.75. The largest absolute Gasteiger partial charge is 0.483 e. The van der Waals surface area contributed by atoms with Crippen molar-refractivity contribution < 1.29 is 23.1 Å². The van der Waals surface area contributed by atoms with E-state index in [9.17, 15) is 13.2 Å². The summed E-state index contributed by atoms with van der Waals surface area (Å²) in [4.78, 5) is 20.6. The van der Waals surface area contributed by atoms with Crippen molar-refractivity contribution in [3.8, 4) is 11.1 Å². The predicted octanol–water partition coefficient (Wildman–Crippen LogP) is 1.58. The molecule has 0 aliphatic carbocycles. The molecule has 0 radical (unpaired) electrons. The van der Waals surface area contributed by atoms with Crippen molar-refractivity contribution in [1.82, 2.24) is 5.32 Å². The molecule has 0 unspecified atom stereocenters. The van der Waals surface area contributed by atoms with Crippen LogP contribution in [0.1, 0.15) is 27.0 Å². The van der Waals surface area contributed by atoms with Crippen molar-refractivity contribution in [3.05, 3.63) is 52.6 Å². The molecule has 27 heavy (non-hydrogen) atoms. The first-order chi connectivity index (χ1) is 12.6. The Bertz CT molecular complexity index is 1050. The van der Waals surface area contributed by atoms with Crippen molar-refractivity contribution in [2.24, 2.45) is 5.73 Å². The van der Waals surface area contributed by atoms with E-state index in [1.807, 2.05) is 25.1 Å². The normalized spacial score (nSPS) is 13.3. The minimum absolute atomic E-state index is 0.0908. The fraction of sp³-hybridized carbons (Fsp3) is 0.167. The molecular formula is C18H19N3O5S. The summed E-state index contributed by atoms with van der Waals surface area (Å²) in [7, 11) is -3.53. The van der Waals surface area contributed by atoms with Crippen LogP contribution in [0.4, 0.5) is 0 Å². The van der Waals surface area contributed by atoms with E-state index in [-0.39, 0.29) is 22.7 Å². The van der Waals surface area contributed by atoms with Crippen LogP contribution in [0.3, 0.4) is 0 Å². The zero-order valence-corrected chi connectivity index (χ0v) is 15.6. The second-order valence-corrected chi connectivity index (χ2v) is 8.01. The molecule has 0 spiro atoms. The van der Waals surface area contributed by atoms with Crippen LogP contribution < -0.4 is 11.1 Å². The number of nitrogens with two attached hydrogens (primary N) is 1. The van der Waals surface area contributed by atoms with Gasteiger partial charge in [-0.25, -0.2) is 8.42 Å². The fourth-order valence-electron chi connectivity index (χ4n) is 2.94. The van der Waals surface area contributed by atoms with E-state index in [0.717, 1.165) is 16.7 Å². The summed E-state index contributed by atoms with van der Waals surface area (Å²) in [6, 6.07) is 8.76. The predicted molar refractivity (Wildman–Crippen MR) is 100 cm³/mol. The molecule has 0 saturated heterocycles. The minimum Gasteiger partial charge on any atom is -0.483 e. The highest BCUT2D eigenvalue weighted by Crippen LogP contribution is 2.39. The van der Waals surface area contributed by atoms with Gasteiger partial charge in [-0.05, 0) is 42.7 Å². The second-order valence-electron chi connectivity index (χ2n) is 6.06. The maximum Gasteiger partial charge on any atom is 0.290 e. The van der Waals surface area contributed by atoms with Gasteiger partial charge in [0, 0.05) is 11.1 Å². The molecule has 5 N–H and O–H groups in total. The number of hydrogen-bond acceptors (Lipinski definition) is 5. The first-order valence-corrected chi connectivity index (χ1v) is 9.46. The topological polar surface area (TPSA) is 150 Å². The average molecular weight is 389 g/mol.